The summed E-state index contributed by atoms with van der Waals surface area (Å²) in [7, 11) is 0. The van der Waals surface area contributed by atoms with Gasteiger partial charge in [-0.1, -0.05) is 29.3 Å². The van der Waals surface area contributed by atoms with Crippen LogP contribution in [0.4, 0.5) is 5.69 Å². The first-order valence-electron chi connectivity index (χ1n) is 5.82. The van der Waals surface area contributed by atoms with E-state index in [1.807, 2.05) is 31.2 Å². The molecule has 7 heteroatoms. The predicted octanol–water partition coefficient (Wildman–Crippen LogP) is 3.29. The zero-order valence-electron chi connectivity index (χ0n) is 10.4. The zero-order chi connectivity index (χ0) is 14.3. The molecule has 0 saturated carbocycles. The van der Waals surface area contributed by atoms with Crippen LogP contribution in [0.3, 0.4) is 0 Å². The molecule has 0 bridgehead atoms. The second-order valence-electron chi connectivity index (χ2n) is 4.37. The van der Waals surface area contributed by atoms with E-state index in [1.165, 1.54) is 16.9 Å². The molecule has 0 aliphatic heterocycles. The highest BCUT2D eigenvalue weighted by atomic mass is 35.5. The second kappa shape index (κ2) is 4.57. The Morgan fingerprint density at radius 3 is 2.35 bits per heavy atom. The minimum Gasteiger partial charge on any atom is -0.258 e. The normalized spacial score (nSPS) is 10.9. The molecule has 0 atom stereocenters. The summed E-state index contributed by atoms with van der Waals surface area (Å²) in [6.45, 7) is 1.99. The number of hydrogen-bond donors (Lipinski definition) is 0. The summed E-state index contributed by atoms with van der Waals surface area (Å²) < 4.78 is 0. The molecule has 0 unspecified atom stereocenters. The number of aryl methyl sites for hydroxylation is 1. The smallest absolute Gasteiger partial charge is 0.258 e. The Hall–Kier alpha value is -2.47. The van der Waals surface area contributed by atoms with Gasteiger partial charge >= 0.3 is 0 Å². The zero-order valence-corrected chi connectivity index (χ0v) is 11.2. The van der Waals surface area contributed by atoms with Crippen LogP contribution in [0.1, 0.15) is 5.56 Å². The van der Waals surface area contributed by atoms with Crippen LogP contribution in [-0.4, -0.2) is 19.9 Å². The van der Waals surface area contributed by atoms with Gasteiger partial charge in [0.25, 0.3) is 5.69 Å². The average Bonchev–Trinajstić information content (AvgIpc) is 2.81. The lowest BCUT2D eigenvalue weighted by molar-refractivity contribution is -0.384. The molecule has 3 rings (SSSR count). The summed E-state index contributed by atoms with van der Waals surface area (Å²) in [5.74, 6) is 0. The van der Waals surface area contributed by atoms with Gasteiger partial charge in [-0.15, -0.1) is 10.2 Å². The fraction of sp³-hybridized carbons (Fsp3) is 0.0769. The van der Waals surface area contributed by atoms with Crippen LogP contribution < -0.4 is 0 Å². The van der Waals surface area contributed by atoms with Gasteiger partial charge in [-0.05, 0) is 25.1 Å². The molecule has 0 radical (unpaired) electrons. The maximum absolute atomic E-state index is 10.8. The number of nitro benzene ring substituents is 1. The summed E-state index contributed by atoms with van der Waals surface area (Å²) in [5, 5.41) is 19.4. The van der Waals surface area contributed by atoms with Crippen molar-refractivity contribution in [3.8, 4) is 5.69 Å². The molecular weight excluding hydrogens is 280 g/mol. The monoisotopic (exact) mass is 288 g/mol. The lowest BCUT2D eigenvalue weighted by Crippen LogP contribution is -1.97. The largest absolute Gasteiger partial charge is 0.290 e. The van der Waals surface area contributed by atoms with Crippen LogP contribution in [0.2, 0.25) is 5.02 Å². The molecule has 6 nitrogen and oxygen atoms in total. The molecule has 0 N–H and O–H groups in total. The number of rotatable bonds is 2. The Morgan fingerprint density at radius 1 is 1.15 bits per heavy atom. The molecule has 0 aliphatic carbocycles. The van der Waals surface area contributed by atoms with E-state index < -0.39 is 4.92 Å². The van der Waals surface area contributed by atoms with Crippen molar-refractivity contribution >= 4 is 28.3 Å². The summed E-state index contributed by atoms with van der Waals surface area (Å²) in [4.78, 5) is 11.7. The third kappa shape index (κ3) is 2.10. The minimum atomic E-state index is -0.535. The number of fused-ring (bicyclic) bond motifs is 1. The van der Waals surface area contributed by atoms with Crippen molar-refractivity contribution in [2.75, 3.05) is 0 Å². The van der Waals surface area contributed by atoms with Gasteiger partial charge in [-0.2, -0.15) is 4.80 Å². The first kappa shape index (κ1) is 12.6. The molecule has 100 valence electrons. The van der Waals surface area contributed by atoms with Crippen LogP contribution >= 0.6 is 11.6 Å². The number of nitrogens with zero attached hydrogens (tertiary/aromatic N) is 4. The highest BCUT2D eigenvalue weighted by Gasteiger charge is 2.16. The van der Waals surface area contributed by atoms with E-state index in [9.17, 15) is 10.1 Å². The highest BCUT2D eigenvalue weighted by molar-refractivity contribution is 6.33. The van der Waals surface area contributed by atoms with Gasteiger partial charge < -0.3 is 0 Å². The SMILES string of the molecule is Cc1ccc(-n2nc3cc(Cl)c([N+](=O)[O-])cc3n2)cc1. The van der Waals surface area contributed by atoms with Gasteiger partial charge in [-0.25, -0.2) is 0 Å². The van der Waals surface area contributed by atoms with Crippen molar-refractivity contribution in [1.82, 2.24) is 15.0 Å². The molecule has 2 aromatic carbocycles. The van der Waals surface area contributed by atoms with Crippen molar-refractivity contribution in [1.29, 1.82) is 0 Å². The fourth-order valence-electron chi connectivity index (χ4n) is 1.86. The third-order valence-corrected chi connectivity index (χ3v) is 3.21. The molecule has 1 aromatic heterocycles. The van der Waals surface area contributed by atoms with E-state index in [1.54, 1.807) is 0 Å². The van der Waals surface area contributed by atoms with Gasteiger partial charge in [0.2, 0.25) is 0 Å². The third-order valence-electron chi connectivity index (χ3n) is 2.91. The first-order chi connectivity index (χ1) is 9.54. The van der Waals surface area contributed by atoms with Crippen molar-refractivity contribution in [2.45, 2.75) is 6.92 Å². The lowest BCUT2D eigenvalue weighted by atomic mass is 10.2. The van der Waals surface area contributed by atoms with Crippen molar-refractivity contribution < 1.29 is 4.92 Å². The molecule has 1 heterocycles. The molecule has 0 aliphatic rings. The van der Waals surface area contributed by atoms with Crippen molar-refractivity contribution in [2.24, 2.45) is 0 Å². The quantitative estimate of drug-likeness (QED) is 0.536. The van der Waals surface area contributed by atoms with Crippen LogP contribution in [0, 0.1) is 17.0 Å². The van der Waals surface area contributed by atoms with E-state index in [4.69, 9.17) is 11.6 Å². The molecule has 20 heavy (non-hydrogen) atoms. The van der Waals surface area contributed by atoms with E-state index in [2.05, 4.69) is 10.2 Å². The number of benzene rings is 2. The van der Waals surface area contributed by atoms with Gasteiger partial charge in [0.1, 0.15) is 16.1 Å². The summed E-state index contributed by atoms with van der Waals surface area (Å²) in [5.41, 5.74) is 2.69. The summed E-state index contributed by atoms with van der Waals surface area (Å²) >= 11 is 5.86. The molecule has 0 spiro atoms. The summed E-state index contributed by atoms with van der Waals surface area (Å²) in [6.07, 6.45) is 0. The molecule has 0 fully saturated rings. The standard InChI is InChI=1S/C13H9ClN4O2/c1-8-2-4-9(5-3-8)17-15-11-6-10(14)13(18(19)20)7-12(11)16-17/h2-7H,1H3. The number of aromatic nitrogens is 3. The Bertz CT molecular complexity index is 811. The Balaban J connectivity index is 2.15. The minimum absolute atomic E-state index is 0.0541. The van der Waals surface area contributed by atoms with E-state index in [0.29, 0.717) is 11.0 Å². The topological polar surface area (TPSA) is 73.8 Å². The van der Waals surface area contributed by atoms with Crippen LogP contribution in [-0.2, 0) is 0 Å². The molecule has 3 aromatic rings. The maximum atomic E-state index is 10.8. The van der Waals surface area contributed by atoms with Crippen molar-refractivity contribution in [3.63, 3.8) is 0 Å². The van der Waals surface area contributed by atoms with Crippen LogP contribution in [0.15, 0.2) is 36.4 Å². The van der Waals surface area contributed by atoms with Gasteiger partial charge in [-0.3, -0.25) is 10.1 Å². The van der Waals surface area contributed by atoms with E-state index in [-0.39, 0.29) is 10.7 Å². The van der Waals surface area contributed by atoms with Crippen LogP contribution in [0.5, 0.6) is 0 Å². The Labute approximate surface area is 118 Å². The van der Waals surface area contributed by atoms with Gasteiger partial charge in [0, 0.05) is 6.07 Å². The number of nitro groups is 1. The van der Waals surface area contributed by atoms with Gasteiger partial charge in [0.05, 0.1) is 10.6 Å². The Morgan fingerprint density at radius 2 is 1.75 bits per heavy atom. The highest BCUT2D eigenvalue weighted by Crippen LogP contribution is 2.28. The molecular formula is C13H9ClN4O2. The summed E-state index contributed by atoms with van der Waals surface area (Å²) in [6, 6.07) is 10.4. The van der Waals surface area contributed by atoms with E-state index in [0.717, 1.165) is 11.3 Å². The number of hydrogen-bond acceptors (Lipinski definition) is 4. The average molecular weight is 289 g/mol. The second-order valence-corrected chi connectivity index (χ2v) is 4.78. The molecule has 0 amide bonds. The fourth-order valence-corrected chi connectivity index (χ4v) is 2.09. The Kier molecular flexibility index (Phi) is 2.87. The van der Waals surface area contributed by atoms with Gasteiger partial charge in [0.15, 0.2) is 0 Å². The number of halogens is 1. The first-order valence-corrected chi connectivity index (χ1v) is 6.20. The molecule has 0 saturated heterocycles. The van der Waals surface area contributed by atoms with Crippen molar-refractivity contribution in [3.05, 3.63) is 57.1 Å². The maximum Gasteiger partial charge on any atom is 0.290 e. The lowest BCUT2D eigenvalue weighted by Gasteiger charge is -1.98. The predicted molar refractivity (Wildman–Crippen MR) is 75.3 cm³/mol. The van der Waals surface area contributed by atoms with Crippen LogP contribution in [0.25, 0.3) is 16.7 Å². The van der Waals surface area contributed by atoms with E-state index >= 15 is 0 Å².